The maximum atomic E-state index is 12.2. The van der Waals surface area contributed by atoms with E-state index in [1.54, 1.807) is 31.0 Å². The number of aliphatic hydroxyl groups is 1. The van der Waals surface area contributed by atoms with Crippen LogP contribution in [-0.2, 0) is 9.84 Å². The Morgan fingerprint density at radius 3 is 2.70 bits per heavy atom. The summed E-state index contributed by atoms with van der Waals surface area (Å²) < 4.78 is 24.4. The summed E-state index contributed by atoms with van der Waals surface area (Å²) in [7, 11) is -1.66. The molecule has 0 aliphatic heterocycles. The first-order valence-corrected chi connectivity index (χ1v) is 7.91. The molecule has 0 heterocycles. The van der Waals surface area contributed by atoms with E-state index in [0.717, 1.165) is 0 Å². The standard InChI is InChI=1S/C13H21N3O3S/c1-10(17)9-16(2)6-7-20(18,19)12-5-3-4-11(8-12)13(14)15/h3-5,8,10,17H,6-7,9H2,1-2H3,(H3,14,15). The zero-order chi connectivity index (χ0) is 15.3. The Morgan fingerprint density at radius 2 is 2.15 bits per heavy atom. The van der Waals surface area contributed by atoms with Crippen LogP contribution in [0.1, 0.15) is 12.5 Å². The number of sulfone groups is 1. The van der Waals surface area contributed by atoms with Crippen molar-refractivity contribution in [3.05, 3.63) is 29.8 Å². The van der Waals surface area contributed by atoms with Gasteiger partial charge in [-0.05, 0) is 26.1 Å². The number of rotatable bonds is 7. The molecule has 0 saturated carbocycles. The molecule has 0 radical (unpaired) electrons. The number of hydrogen-bond acceptors (Lipinski definition) is 5. The van der Waals surface area contributed by atoms with Gasteiger partial charge >= 0.3 is 0 Å². The van der Waals surface area contributed by atoms with Gasteiger partial charge in [0.15, 0.2) is 9.84 Å². The molecule has 1 aromatic rings. The van der Waals surface area contributed by atoms with Gasteiger partial charge in [-0.15, -0.1) is 0 Å². The number of nitrogen functional groups attached to an aromatic ring is 1. The molecule has 7 heteroatoms. The minimum absolute atomic E-state index is 0.0441. The van der Waals surface area contributed by atoms with E-state index in [9.17, 15) is 13.5 Å². The highest BCUT2D eigenvalue weighted by Gasteiger charge is 2.16. The van der Waals surface area contributed by atoms with Crippen molar-refractivity contribution in [2.45, 2.75) is 17.9 Å². The Hall–Kier alpha value is -1.44. The summed E-state index contributed by atoms with van der Waals surface area (Å²) in [6.45, 7) is 2.40. The third kappa shape index (κ3) is 4.92. The maximum Gasteiger partial charge on any atom is 0.179 e. The molecule has 0 fully saturated rings. The zero-order valence-electron chi connectivity index (χ0n) is 11.7. The van der Waals surface area contributed by atoms with E-state index in [1.165, 1.54) is 12.1 Å². The molecule has 112 valence electrons. The van der Waals surface area contributed by atoms with Gasteiger partial charge in [0, 0.05) is 18.7 Å². The van der Waals surface area contributed by atoms with Crippen LogP contribution in [-0.4, -0.2) is 56.3 Å². The Labute approximate surface area is 119 Å². The normalized spacial score (nSPS) is 13.4. The van der Waals surface area contributed by atoms with Gasteiger partial charge in [-0.2, -0.15) is 0 Å². The van der Waals surface area contributed by atoms with Gasteiger partial charge in [0.2, 0.25) is 0 Å². The first kappa shape index (κ1) is 16.6. The number of hydrogen-bond donors (Lipinski definition) is 3. The number of likely N-dealkylation sites (N-methyl/N-ethyl adjacent to an activating group) is 1. The Kier molecular flexibility index (Phi) is 5.67. The van der Waals surface area contributed by atoms with Gasteiger partial charge < -0.3 is 15.7 Å². The lowest BCUT2D eigenvalue weighted by atomic mass is 10.2. The first-order valence-electron chi connectivity index (χ1n) is 6.26. The van der Waals surface area contributed by atoms with E-state index in [-0.39, 0.29) is 16.5 Å². The molecule has 1 aromatic carbocycles. The predicted octanol–water partition coefficient (Wildman–Crippen LogP) is 0.0570. The average Bonchev–Trinajstić information content (AvgIpc) is 2.36. The average molecular weight is 299 g/mol. The van der Waals surface area contributed by atoms with Gasteiger partial charge in [-0.3, -0.25) is 5.41 Å². The van der Waals surface area contributed by atoms with Crippen LogP contribution in [0, 0.1) is 5.41 Å². The lowest BCUT2D eigenvalue weighted by molar-refractivity contribution is 0.145. The topological polar surface area (TPSA) is 107 Å². The molecule has 0 aromatic heterocycles. The van der Waals surface area contributed by atoms with Crippen molar-refractivity contribution in [2.24, 2.45) is 5.73 Å². The van der Waals surface area contributed by atoms with Crippen LogP contribution in [0.4, 0.5) is 0 Å². The molecule has 4 N–H and O–H groups in total. The second-order valence-corrected chi connectivity index (χ2v) is 6.98. The molecule has 0 aliphatic carbocycles. The number of benzene rings is 1. The van der Waals surface area contributed by atoms with Crippen molar-refractivity contribution in [3.8, 4) is 0 Å². The van der Waals surface area contributed by atoms with Gasteiger partial charge in [0.05, 0.1) is 16.8 Å². The lowest BCUT2D eigenvalue weighted by Crippen LogP contribution is -2.31. The minimum Gasteiger partial charge on any atom is -0.392 e. The Bertz CT molecular complexity index is 570. The van der Waals surface area contributed by atoms with Crippen molar-refractivity contribution >= 4 is 15.7 Å². The molecule has 0 amide bonds. The molecule has 1 unspecified atom stereocenters. The molecular formula is C13H21N3O3S. The molecule has 6 nitrogen and oxygen atoms in total. The fourth-order valence-corrected chi connectivity index (χ4v) is 3.17. The molecule has 1 atom stereocenters. The number of nitrogens with two attached hydrogens (primary N) is 1. The SMILES string of the molecule is CC(O)CN(C)CCS(=O)(=O)c1cccc(C(=N)N)c1. The van der Waals surface area contributed by atoms with Crippen LogP contribution < -0.4 is 5.73 Å². The predicted molar refractivity (Wildman–Crippen MR) is 78.7 cm³/mol. The summed E-state index contributed by atoms with van der Waals surface area (Å²) in [6.07, 6.45) is -0.497. The quantitative estimate of drug-likeness (QED) is 0.487. The summed E-state index contributed by atoms with van der Waals surface area (Å²) in [6, 6.07) is 6.08. The third-order valence-electron chi connectivity index (χ3n) is 2.82. The summed E-state index contributed by atoms with van der Waals surface area (Å²) in [5.41, 5.74) is 5.75. The van der Waals surface area contributed by atoms with Crippen molar-refractivity contribution in [2.75, 3.05) is 25.9 Å². The monoisotopic (exact) mass is 299 g/mol. The summed E-state index contributed by atoms with van der Waals surface area (Å²) in [5, 5.41) is 16.6. The van der Waals surface area contributed by atoms with Crippen LogP contribution in [0.3, 0.4) is 0 Å². The van der Waals surface area contributed by atoms with E-state index in [4.69, 9.17) is 11.1 Å². The van der Waals surface area contributed by atoms with Crippen molar-refractivity contribution < 1.29 is 13.5 Å². The lowest BCUT2D eigenvalue weighted by Gasteiger charge is -2.18. The highest BCUT2D eigenvalue weighted by Crippen LogP contribution is 2.13. The fraction of sp³-hybridized carbons (Fsp3) is 0.462. The highest BCUT2D eigenvalue weighted by molar-refractivity contribution is 7.91. The largest absolute Gasteiger partial charge is 0.392 e. The van der Waals surface area contributed by atoms with Crippen molar-refractivity contribution in [3.63, 3.8) is 0 Å². The van der Waals surface area contributed by atoms with E-state index in [2.05, 4.69) is 0 Å². The smallest absolute Gasteiger partial charge is 0.179 e. The van der Waals surface area contributed by atoms with Crippen molar-refractivity contribution in [1.82, 2.24) is 4.90 Å². The first-order chi connectivity index (χ1) is 9.22. The molecule has 0 bridgehead atoms. The Balaban J connectivity index is 2.79. The second kappa shape index (κ2) is 6.83. The minimum atomic E-state index is -3.42. The summed E-state index contributed by atoms with van der Waals surface area (Å²) in [5.74, 6) is -0.203. The Morgan fingerprint density at radius 1 is 1.50 bits per heavy atom. The van der Waals surface area contributed by atoms with E-state index >= 15 is 0 Å². The molecule has 0 saturated heterocycles. The number of aliphatic hydroxyl groups excluding tert-OH is 1. The van der Waals surface area contributed by atoms with Crippen LogP contribution >= 0.6 is 0 Å². The number of amidine groups is 1. The molecule has 1 rings (SSSR count). The summed E-state index contributed by atoms with van der Waals surface area (Å²) >= 11 is 0. The molecule has 20 heavy (non-hydrogen) atoms. The summed E-state index contributed by atoms with van der Waals surface area (Å²) in [4.78, 5) is 1.92. The maximum absolute atomic E-state index is 12.2. The van der Waals surface area contributed by atoms with Crippen LogP contribution in [0.2, 0.25) is 0 Å². The van der Waals surface area contributed by atoms with E-state index in [1.807, 2.05) is 0 Å². The van der Waals surface area contributed by atoms with Crippen LogP contribution in [0.5, 0.6) is 0 Å². The molecular weight excluding hydrogens is 278 g/mol. The van der Waals surface area contributed by atoms with Gasteiger partial charge in [0.25, 0.3) is 0 Å². The molecule has 0 spiro atoms. The van der Waals surface area contributed by atoms with Crippen molar-refractivity contribution in [1.29, 1.82) is 5.41 Å². The van der Waals surface area contributed by atoms with E-state index < -0.39 is 15.9 Å². The van der Waals surface area contributed by atoms with Gasteiger partial charge in [0.1, 0.15) is 5.84 Å². The number of nitrogens with zero attached hydrogens (tertiary/aromatic N) is 1. The van der Waals surface area contributed by atoms with Crippen LogP contribution in [0.15, 0.2) is 29.2 Å². The van der Waals surface area contributed by atoms with Gasteiger partial charge in [-0.25, -0.2) is 8.42 Å². The fourth-order valence-electron chi connectivity index (χ4n) is 1.79. The van der Waals surface area contributed by atoms with Crippen LogP contribution in [0.25, 0.3) is 0 Å². The van der Waals surface area contributed by atoms with E-state index in [0.29, 0.717) is 18.7 Å². The third-order valence-corrected chi connectivity index (χ3v) is 4.51. The van der Waals surface area contributed by atoms with Gasteiger partial charge in [-0.1, -0.05) is 12.1 Å². The zero-order valence-corrected chi connectivity index (χ0v) is 12.5. The second-order valence-electron chi connectivity index (χ2n) is 4.87. The molecule has 0 aliphatic rings. The number of nitrogens with one attached hydrogen (secondary N) is 1. The highest BCUT2D eigenvalue weighted by atomic mass is 32.2.